The standard InChI is InChI=1S/C19H20IN3O2/c1-13-5-3-8-17(14(13)2)22-18(24)9-10-19(25)23-21-12-15-6-4-7-16(20)11-15/h3-8,11-12H,9-10H2,1-2H3,(H,22,24)(H,23,25). The SMILES string of the molecule is Cc1cccc(NC(=O)CCC(=O)NN=Cc2cccc(I)c2)c1C. The predicted octanol–water partition coefficient (Wildman–Crippen LogP) is 3.78. The van der Waals surface area contributed by atoms with E-state index in [0.717, 1.165) is 25.9 Å². The van der Waals surface area contributed by atoms with Gasteiger partial charge in [-0.15, -0.1) is 0 Å². The van der Waals surface area contributed by atoms with Gasteiger partial charge in [-0.3, -0.25) is 9.59 Å². The molecule has 130 valence electrons. The topological polar surface area (TPSA) is 70.6 Å². The number of nitrogens with one attached hydrogen (secondary N) is 2. The molecule has 0 radical (unpaired) electrons. The maximum Gasteiger partial charge on any atom is 0.240 e. The molecule has 0 unspecified atom stereocenters. The first-order valence-corrected chi connectivity index (χ1v) is 8.97. The van der Waals surface area contributed by atoms with Crippen molar-refractivity contribution >= 4 is 46.3 Å². The minimum Gasteiger partial charge on any atom is -0.326 e. The van der Waals surface area contributed by atoms with Gasteiger partial charge in [0.15, 0.2) is 0 Å². The maximum absolute atomic E-state index is 12.0. The monoisotopic (exact) mass is 449 g/mol. The zero-order valence-electron chi connectivity index (χ0n) is 14.2. The molecule has 0 bridgehead atoms. The second-order valence-electron chi connectivity index (χ2n) is 5.64. The van der Waals surface area contributed by atoms with E-state index >= 15 is 0 Å². The van der Waals surface area contributed by atoms with Crippen LogP contribution in [0.2, 0.25) is 0 Å². The lowest BCUT2D eigenvalue weighted by molar-refractivity contribution is -0.124. The van der Waals surface area contributed by atoms with Gasteiger partial charge in [0.2, 0.25) is 11.8 Å². The quantitative estimate of drug-likeness (QED) is 0.401. The highest BCUT2D eigenvalue weighted by atomic mass is 127. The van der Waals surface area contributed by atoms with Crippen LogP contribution in [-0.4, -0.2) is 18.0 Å². The average molecular weight is 449 g/mol. The molecule has 5 nitrogen and oxygen atoms in total. The molecule has 2 rings (SSSR count). The Hall–Kier alpha value is -2.22. The molecule has 6 heteroatoms. The Labute approximate surface area is 161 Å². The number of rotatable bonds is 6. The number of anilines is 1. The van der Waals surface area contributed by atoms with Crippen LogP contribution in [0.5, 0.6) is 0 Å². The summed E-state index contributed by atoms with van der Waals surface area (Å²) in [5.74, 6) is -0.483. The van der Waals surface area contributed by atoms with Crippen LogP contribution >= 0.6 is 22.6 Å². The van der Waals surface area contributed by atoms with Crippen LogP contribution in [0.3, 0.4) is 0 Å². The maximum atomic E-state index is 12.0. The zero-order valence-corrected chi connectivity index (χ0v) is 16.3. The second kappa shape index (κ2) is 9.31. The Morgan fingerprint density at radius 2 is 1.80 bits per heavy atom. The third-order valence-corrected chi connectivity index (χ3v) is 4.38. The molecule has 2 aromatic rings. The minimum atomic E-state index is -0.294. The lowest BCUT2D eigenvalue weighted by atomic mass is 10.1. The largest absolute Gasteiger partial charge is 0.326 e. The highest BCUT2D eigenvalue weighted by Crippen LogP contribution is 2.18. The average Bonchev–Trinajstić information content (AvgIpc) is 2.57. The van der Waals surface area contributed by atoms with Crippen LogP contribution in [-0.2, 0) is 9.59 Å². The van der Waals surface area contributed by atoms with Crippen LogP contribution in [0.4, 0.5) is 5.69 Å². The Morgan fingerprint density at radius 3 is 2.56 bits per heavy atom. The third-order valence-electron chi connectivity index (χ3n) is 3.71. The summed E-state index contributed by atoms with van der Waals surface area (Å²) in [4.78, 5) is 23.8. The number of hydrazone groups is 1. The minimum absolute atomic E-state index is 0.0837. The molecule has 25 heavy (non-hydrogen) atoms. The Kier molecular flexibility index (Phi) is 7.12. The smallest absolute Gasteiger partial charge is 0.240 e. The number of carbonyl (C=O) groups is 2. The van der Waals surface area contributed by atoms with Gasteiger partial charge < -0.3 is 5.32 Å². The number of nitrogens with zero attached hydrogens (tertiary/aromatic N) is 1. The van der Waals surface area contributed by atoms with Crippen LogP contribution in [0.1, 0.15) is 29.5 Å². The first-order valence-electron chi connectivity index (χ1n) is 7.89. The van der Waals surface area contributed by atoms with Crippen molar-refractivity contribution in [2.45, 2.75) is 26.7 Å². The summed E-state index contributed by atoms with van der Waals surface area (Å²) in [6, 6.07) is 13.5. The molecule has 0 aromatic heterocycles. The summed E-state index contributed by atoms with van der Waals surface area (Å²) in [5, 5.41) is 6.75. The van der Waals surface area contributed by atoms with Gasteiger partial charge in [-0.1, -0.05) is 24.3 Å². The second-order valence-corrected chi connectivity index (χ2v) is 6.89. The van der Waals surface area contributed by atoms with E-state index in [0.29, 0.717) is 0 Å². The lowest BCUT2D eigenvalue weighted by Gasteiger charge is -2.10. The fraction of sp³-hybridized carbons (Fsp3) is 0.211. The van der Waals surface area contributed by atoms with Crippen molar-refractivity contribution in [2.24, 2.45) is 5.10 Å². The number of aryl methyl sites for hydroxylation is 1. The molecule has 0 aliphatic rings. The fourth-order valence-electron chi connectivity index (χ4n) is 2.15. The fourth-order valence-corrected chi connectivity index (χ4v) is 2.72. The van der Waals surface area contributed by atoms with Crippen molar-refractivity contribution in [3.8, 4) is 0 Å². The third kappa shape index (κ3) is 6.30. The van der Waals surface area contributed by atoms with Crippen molar-refractivity contribution in [3.63, 3.8) is 0 Å². The molecule has 0 saturated heterocycles. The number of amides is 2. The van der Waals surface area contributed by atoms with E-state index in [1.807, 2.05) is 56.3 Å². The Morgan fingerprint density at radius 1 is 1.08 bits per heavy atom. The molecule has 0 aliphatic heterocycles. The van der Waals surface area contributed by atoms with Crippen molar-refractivity contribution in [1.82, 2.24) is 5.43 Å². The Bertz CT molecular complexity index is 803. The summed E-state index contributed by atoms with van der Waals surface area (Å²) in [6.07, 6.45) is 1.77. The van der Waals surface area contributed by atoms with Gasteiger partial charge in [-0.05, 0) is 71.3 Å². The van der Waals surface area contributed by atoms with Gasteiger partial charge in [-0.25, -0.2) is 5.43 Å². The van der Waals surface area contributed by atoms with Crippen LogP contribution in [0.25, 0.3) is 0 Å². The predicted molar refractivity (Wildman–Crippen MR) is 109 cm³/mol. The first-order chi connectivity index (χ1) is 12.0. The molecular weight excluding hydrogens is 429 g/mol. The van der Waals surface area contributed by atoms with Crippen molar-refractivity contribution in [1.29, 1.82) is 0 Å². The van der Waals surface area contributed by atoms with E-state index in [1.165, 1.54) is 0 Å². The lowest BCUT2D eigenvalue weighted by Crippen LogP contribution is -2.21. The van der Waals surface area contributed by atoms with E-state index in [4.69, 9.17) is 0 Å². The van der Waals surface area contributed by atoms with Crippen molar-refractivity contribution in [3.05, 3.63) is 62.7 Å². The molecule has 0 aliphatic carbocycles. The van der Waals surface area contributed by atoms with Crippen LogP contribution < -0.4 is 10.7 Å². The first kappa shape index (κ1) is 19.1. The summed E-state index contributed by atoms with van der Waals surface area (Å²) in [5.41, 5.74) is 6.26. The van der Waals surface area contributed by atoms with Crippen molar-refractivity contribution in [2.75, 3.05) is 5.32 Å². The van der Waals surface area contributed by atoms with Gasteiger partial charge in [0.05, 0.1) is 6.21 Å². The normalized spacial score (nSPS) is 10.7. The number of carbonyl (C=O) groups excluding carboxylic acids is 2. The van der Waals surface area contributed by atoms with Gasteiger partial charge >= 0.3 is 0 Å². The summed E-state index contributed by atoms with van der Waals surface area (Å²) in [7, 11) is 0. The summed E-state index contributed by atoms with van der Waals surface area (Å²) >= 11 is 2.21. The molecule has 2 aromatic carbocycles. The van der Waals surface area contributed by atoms with Crippen molar-refractivity contribution < 1.29 is 9.59 Å². The molecule has 0 fully saturated rings. The van der Waals surface area contributed by atoms with E-state index in [9.17, 15) is 9.59 Å². The molecule has 2 amide bonds. The van der Waals surface area contributed by atoms with E-state index in [-0.39, 0.29) is 24.7 Å². The molecule has 0 saturated carbocycles. The molecule has 2 N–H and O–H groups in total. The highest BCUT2D eigenvalue weighted by molar-refractivity contribution is 14.1. The van der Waals surface area contributed by atoms with E-state index in [2.05, 4.69) is 38.4 Å². The number of hydrogen-bond acceptors (Lipinski definition) is 3. The van der Waals surface area contributed by atoms with Gasteiger partial charge in [0, 0.05) is 22.1 Å². The molecular formula is C19H20IN3O2. The van der Waals surface area contributed by atoms with E-state index < -0.39 is 0 Å². The highest BCUT2D eigenvalue weighted by Gasteiger charge is 2.08. The van der Waals surface area contributed by atoms with Crippen LogP contribution in [0.15, 0.2) is 47.6 Å². The number of hydrogen-bond donors (Lipinski definition) is 2. The number of halogens is 1. The van der Waals surface area contributed by atoms with E-state index in [1.54, 1.807) is 6.21 Å². The number of benzene rings is 2. The summed E-state index contributed by atoms with van der Waals surface area (Å²) < 4.78 is 1.09. The summed E-state index contributed by atoms with van der Waals surface area (Å²) in [6.45, 7) is 3.95. The van der Waals surface area contributed by atoms with Crippen LogP contribution in [0, 0.1) is 17.4 Å². The van der Waals surface area contributed by atoms with Gasteiger partial charge in [-0.2, -0.15) is 5.10 Å². The Balaban J connectivity index is 1.77. The zero-order chi connectivity index (χ0) is 18.2. The molecule has 0 spiro atoms. The van der Waals surface area contributed by atoms with Gasteiger partial charge in [0.1, 0.15) is 0 Å². The molecule has 0 heterocycles. The van der Waals surface area contributed by atoms with Gasteiger partial charge in [0.25, 0.3) is 0 Å². The molecule has 0 atom stereocenters.